The van der Waals surface area contributed by atoms with E-state index in [9.17, 15) is 9.59 Å². The maximum absolute atomic E-state index is 13.1. The molecule has 3 aromatic rings. The Labute approximate surface area is 211 Å². The Bertz CT molecular complexity index is 1250. The van der Waals surface area contributed by atoms with Crippen molar-refractivity contribution in [1.82, 2.24) is 15.2 Å². The highest BCUT2D eigenvalue weighted by molar-refractivity contribution is 9.18. The van der Waals surface area contributed by atoms with Gasteiger partial charge in [0.05, 0.1) is 12.1 Å². The lowest BCUT2D eigenvalue weighted by Crippen LogP contribution is -2.47. The molecule has 2 aliphatic heterocycles. The number of aromatic nitrogens is 1. The third-order valence-corrected chi connectivity index (χ3v) is 6.79. The molecule has 3 atom stereocenters. The number of halogens is 1. The maximum Gasteiger partial charge on any atom is 0.410 e. The number of carbonyl (C=O) groups is 2. The SMILES string of the molecule is O=C(NCC1CC(Br)=NO1)[C@@H]1C[C@H](c2ccccc2)CN1C(=O)OCc1cnc2ccccc2c1. The van der Waals surface area contributed by atoms with Crippen molar-refractivity contribution in [3.8, 4) is 0 Å². The zero-order valence-electron chi connectivity index (χ0n) is 19.0. The van der Waals surface area contributed by atoms with Gasteiger partial charge in [-0.15, -0.1) is 0 Å². The van der Waals surface area contributed by atoms with Crippen LogP contribution in [0.15, 0.2) is 72.0 Å². The maximum atomic E-state index is 13.1. The summed E-state index contributed by atoms with van der Waals surface area (Å²) in [6.07, 6.45) is 2.09. The smallest absolute Gasteiger partial charge is 0.410 e. The molecular formula is C26H25BrN4O4. The molecule has 0 aliphatic carbocycles. The van der Waals surface area contributed by atoms with Gasteiger partial charge in [0.1, 0.15) is 17.3 Å². The van der Waals surface area contributed by atoms with Crippen molar-refractivity contribution in [2.75, 3.05) is 13.1 Å². The number of fused-ring (bicyclic) bond motifs is 1. The average Bonchev–Trinajstić information content (AvgIpc) is 3.53. The number of nitrogens with one attached hydrogen (secondary N) is 1. The highest BCUT2D eigenvalue weighted by atomic mass is 79.9. The van der Waals surface area contributed by atoms with Gasteiger partial charge in [-0.2, -0.15) is 0 Å². The van der Waals surface area contributed by atoms with Crippen LogP contribution in [0.5, 0.6) is 0 Å². The molecule has 2 aromatic carbocycles. The van der Waals surface area contributed by atoms with Crippen LogP contribution in [-0.2, 0) is 21.0 Å². The molecule has 9 heteroatoms. The predicted molar refractivity (Wildman–Crippen MR) is 135 cm³/mol. The lowest BCUT2D eigenvalue weighted by atomic mass is 9.96. The molecule has 0 bridgehead atoms. The minimum absolute atomic E-state index is 0.0436. The normalized spacial score (nSPS) is 21.5. The minimum atomic E-state index is -0.631. The highest BCUT2D eigenvalue weighted by Crippen LogP contribution is 2.32. The average molecular weight is 537 g/mol. The van der Waals surface area contributed by atoms with E-state index >= 15 is 0 Å². The molecule has 8 nitrogen and oxygen atoms in total. The molecule has 1 fully saturated rings. The summed E-state index contributed by atoms with van der Waals surface area (Å²) in [5.74, 6) is -0.179. The van der Waals surface area contributed by atoms with E-state index in [4.69, 9.17) is 9.57 Å². The summed E-state index contributed by atoms with van der Waals surface area (Å²) >= 11 is 3.30. The van der Waals surface area contributed by atoms with Crippen LogP contribution in [0.1, 0.15) is 29.9 Å². The summed E-state index contributed by atoms with van der Waals surface area (Å²) in [5, 5.41) is 7.75. The van der Waals surface area contributed by atoms with Crippen LogP contribution in [0.2, 0.25) is 0 Å². The van der Waals surface area contributed by atoms with Gasteiger partial charge in [0.15, 0.2) is 6.10 Å². The van der Waals surface area contributed by atoms with Crippen LogP contribution in [0.25, 0.3) is 10.9 Å². The first-order chi connectivity index (χ1) is 17.1. The number of rotatable bonds is 6. The van der Waals surface area contributed by atoms with Crippen LogP contribution >= 0.6 is 15.9 Å². The van der Waals surface area contributed by atoms with Crippen molar-refractivity contribution >= 4 is 43.5 Å². The van der Waals surface area contributed by atoms with Crippen molar-refractivity contribution in [1.29, 1.82) is 0 Å². The van der Waals surface area contributed by atoms with Crippen molar-refractivity contribution in [3.05, 3.63) is 78.0 Å². The number of amides is 2. The van der Waals surface area contributed by atoms with Gasteiger partial charge < -0.3 is 14.9 Å². The van der Waals surface area contributed by atoms with Crippen LogP contribution < -0.4 is 5.32 Å². The number of ether oxygens (including phenoxy) is 1. The van der Waals surface area contributed by atoms with Gasteiger partial charge in [-0.1, -0.05) is 53.7 Å². The molecule has 2 amide bonds. The Balaban J connectivity index is 1.26. The molecule has 0 radical (unpaired) electrons. The van der Waals surface area contributed by atoms with E-state index in [0.717, 1.165) is 26.7 Å². The molecule has 180 valence electrons. The first kappa shape index (κ1) is 23.3. The second kappa shape index (κ2) is 10.4. The molecule has 5 rings (SSSR count). The number of para-hydroxylation sites is 1. The van der Waals surface area contributed by atoms with Crippen molar-refractivity contribution in [2.45, 2.75) is 37.5 Å². The number of nitrogens with zero attached hydrogens (tertiary/aromatic N) is 3. The summed E-state index contributed by atoms with van der Waals surface area (Å²) in [6.45, 7) is 0.805. The molecule has 0 spiro atoms. The third-order valence-electron chi connectivity index (χ3n) is 6.32. The summed E-state index contributed by atoms with van der Waals surface area (Å²) in [6, 6.07) is 19.0. The molecule has 1 N–H and O–H groups in total. The molecule has 1 saturated heterocycles. The Morgan fingerprint density at radius 1 is 1.14 bits per heavy atom. The fourth-order valence-corrected chi connectivity index (χ4v) is 4.96. The first-order valence-electron chi connectivity index (χ1n) is 11.5. The number of oxime groups is 1. The zero-order chi connectivity index (χ0) is 24.2. The highest BCUT2D eigenvalue weighted by Gasteiger charge is 2.41. The fraction of sp³-hybridized carbons (Fsp3) is 0.308. The molecule has 2 aliphatic rings. The van der Waals surface area contributed by atoms with E-state index in [1.165, 1.54) is 4.90 Å². The van der Waals surface area contributed by atoms with Crippen LogP contribution in [0, 0.1) is 0 Å². The van der Waals surface area contributed by atoms with Crippen LogP contribution in [0.4, 0.5) is 4.79 Å². The second-order valence-electron chi connectivity index (χ2n) is 8.75. The molecule has 35 heavy (non-hydrogen) atoms. The van der Waals surface area contributed by atoms with Gasteiger partial charge in [-0.25, -0.2) is 4.79 Å². The Kier molecular flexibility index (Phi) is 6.94. The summed E-state index contributed by atoms with van der Waals surface area (Å²) in [5.41, 5.74) is 2.77. The van der Waals surface area contributed by atoms with Crippen LogP contribution in [-0.4, -0.2) is 51.7 Å². The molecule has 0 saturated carbocycles. The Morgan fingerprint density at radius 3 is 2.74 bits per heavy atom. The van der Waals surface area contributed by atoms with E-state index in [-0.39, 0.29) is 24.5 Å². The summed E-state index contributed by atoms with van der Waals surface area (Å²) in [4.78, 5) is 37.5. The fourth-order valence-electron chi connectivity index (χ4n) is 4.51. The minimum Gasteiger partial charge on any atom is -0.444 e. The van der Waals surface area contributed by atoms with E-state index < -0.39 is 12.1 Å². The van der Waals surface area contributed by atoms with Gasteiger partial charge in [0.2, 0.25) is 5.91 Å². The summed E-state index contributed by atoms with van der Waals surface area (Å²) in [7, 11) is 0. The lowest BCUT2D eigenvalue weighted by Gasteiger charge is -2.23. The van der Waals surface area contributed by atoms with Crippen molar-refractivity contribution in [2.24, 2.45) is 5.16 Å². The zero-order valence-corrected chi connectivity index (χ0v) is 20.6. The van der Waals surface area contributed by atoms with Gasteiger partial charge in [0, 0.05) is 36.0 Å². The van der Waals surface area contributed by atoms with E-state index in [1.54, 1.807) is 6.20 Å². The largest absolute Gasteiger partial charge is 0.444 e. The van der Waals surface area contributed by atoms with E-state index in [2.05, 4.69) is 31.4 Å². The third kappa shape index (κ3) is 5.45. The quantitative estimate of drug-likeness (QED) is 0.505. The first-order valence-corrected chi connectivity index (χ1v) is 12.3. The number of hydrogen-bond acceptors (Lipinski definition) is 6. The number of hydrogen-bond donors (Lipinski definition) is 1. The van der Waals surface area contributed by atoms with Gasteiger partial charge >= 0.3 is 6.09 Å². The standard InChI is InChI=1S/C26H25BrN4O4/c27-24-12-21(35-30-24)14-29-25(32)23-11-20(18-6-2-1-3-7-18)15-31(23)26(33)34-16-17-10-19-8-4-5-9-22(19)28-13-17/h1-10,13,20-21,23H,11-12,14-16H2,(H,29,32)/t20-,21?,23-/m0/s1. The van der Waals surface area contributed by atoms with E-state index in [1.807, 2.05) is 60.7 Å². The van der Waals surface area contributed by atoms with Gasteiger partial charge in [-0.3, -0.25) is 14.7 Å². The Hall–Kier alpha value is -3.46. The number of carbonyl (C=O) groups excluding carboxylic acids is 2. The lowest BCUT2D eigenvalue weighted by molar-refractivity contribution is -0.125. The second-order valence-corrected chi connectivity index (χ2v) is 9.66. The molecular weight excluding hydrogens is 512 g/mol. The number of likely N-dealkylation sites (tertiary alicyclic amines) is 1. The molecule has 1 aromatic heterocycles. The van der Waals surface area contributed by atoms with Gasteiger partial charge in [0.25, 0.3) is 0 Å². The van der Waals surface area contributed by atoms with Crippen molar-refractivity contribution in [3.63, 3.8) is 0 Å². The molecule has 3 heterocycles. The monoisotopic (exact) mass is 536 g/mol. The topological polar surface area (TPSA) is 93.1 Å². The van der Waals surface area contributed by atoms with Crippen molar-refractivity contribution < 1.29 is 19.2 Å². The summed E-state index contributed by atoms with van der Waals surface area (Å²) < 4.78 is 6.35. The predicted octanol–water partition coefficient (Wildman–Crippen LogP) is 4.34. The van der Waals surface area contributed by atoms with Crippen LogP contribution in [0.3, 0.4) is 0 Å². The van der Waals surface area contributed by atoms with Gasteiger partial charge in [-0.05, 0) is 40.0 Å². The molecule has 1 unspecified atom stereocenters. The Morgan fingerprint density at radius 2 is 1.94 bits per heavy atom. The number of pyridine rings is 1. The number of benzene rings is 2. The van der Waals surface area contributed by atoms with E-state index in [0.29, 0.717) is 25.9 Å².